The van der Waals surface area contributed by atoms with Gasteiger partial charge in [0.2, 0.25) is 0 Å². The van der Waals surface area contributed by atoms with Gasteiger partial charge in [-0.05, 0) is 24.3 Å². The van der Waals surface area contributed by atoms with Gasteiger partial charge in [-0.15, -0.1) is 0 Å². The van der Waals surface area contributed by atoms with Gasteiger partial charge in [0.25, 0.3) is 0 Å². The molecule has 2 aromatic heterocycles. The highest BCUT2D eigenvalue weighted by atomic mass is 16.0. The van der Waals surface area contributed by atoms with Crippen molar-refractivity contribution < 1.29 is 16.4 Å². The van der Waals surface area contributed by atoms with Gasteiger partial charge in [0.15, 0.2) is 0 Å². The van der Waals surface area contributed by atoms with Crippen molar-refractivity contribution >= 4 is 21.8 Å². The van der Waals surface area contributed by atoms with Crippen LogP contribution < -0.4 is 0 Å². The summed E-state index contributed by atoms with van der Waals surface area (Å²) in [6.45, 7) is 0. The molecule has 0 aliphatic carbocycles. The molecule has 90 valence electrons. The number of benzene rings is 1. The molecular formula is C12H14N2O3. The van der Waals surface area contributed by atoms with Crippen molar-refractivity contribution in [1.82, 2.24) is 9.97 Å². The van der Waals surface area contributed by atoms with Gasteiger partial charge in [-0.3, -0.25) is 9.97 Å². The van der Waals surface area contributed by atoms with Crippen LogP contribution in [-0.4, -0.2) is 26.4 Å². The molecule has 0 saturated carbocycles. The van der Waals surface area contributed by atoms with E-state index in [4.69, 9.17) is 0 Å². The molecule has 0 fully saturated rings. The van der Waals surface area contributed by atoms with E-state index in [2.05, 4.69) is 28.2 Å². The molecule has 0 bridgehead atoms. The van der Waals surface area contributed by atoms with E-state index in [9.17, 15) is 0 Å². The van der Waals surface area contributed by atoms with Crippen LogP contribution in [0.5, 0.6) is 0 Å². The fourth-order valence-corrected chi connectivity index (χ4v) is 1.70. The van der Waals surface area contributed by atoms with Crippen molar-refractivity contribution in [3.8, 4) is 0 Å². The van der Waals surface area contributed by atoms with Crippen LogP contribution in [0.1, 0.15) is 0 Å². The molecule has 0 saturated heterocycles. The number of fused-ring (bicyclic) bond motifs is 3. The summed E-state index contributed by atoms with van der Waals surface area (Å²) in [5, 5.41) is 2.28. The Hall–Kier alpha value is -2.08. The molecule has 0 radical (unpaired) electrons. The normalized spacial score (nSPS) is 8.94. The fourth-order valence-electron chi connectivity index (χ4n) is 1.70. The van der Waals surface area contributed by atoms with E-state index >= 15 is 0 Å². The number of hydrogen-bond acceptors (Lipinski definition) is 2. The standard InChI is InChI=1S/C12H8N2.3H2O/c1-3-9-5-6-11-10(4-2-7-13-11)12(9)14-8-1;;;/h1-8H;3*1H2. The van der Waals surface area contributed by atoms with Gasteiger partial charge in [0.1, 0.15) is 0 Å². The van der Waals surface area contributed by atoms with Crippen molar-refractivity contribution in [2.24, 2.45) is 0 Å². The zero-order chi connectivity index (χ0) is 9.38. The molecule has 5 heteroatoms. The predicted molar refractivity (Wildman–Crippen MR) is 67.9 cm³/mol. The van der Waals surface area contributed by atoms with Crippen LogP contribution >= 0.6 is 0 Å². The van der Waals surface area contributed by atoms with Crippen LogP contribution in [0.3, 0.4) is 0 Å². The van der Waals surface area contributed by atoms with Crippen molar-refractivity contribution in [2.75, 3.05) is 0 Å². The third kappa shape index (κ3) is 2.36. The Bertz CT molecular complexity index is 559. The van der Waals surface area contributed by atoms with Gasteiger partial charge in [-0.1, -0.05) is 12.1 Å². The molecule has 6 N–H and O–H groups in total. The highest BCUT2D eigenvalue weighted by Crippen LogP contribution is 2.20. The van der Waals surface area contributed by atoms with Gasteiger partial charge in [-0.2, -0.15) is 0 Å². The third-order valence-electron chi connectivity index (χ3n) is 2.35. The molecule has 2 heterocycles. The fraction of sp³-hybridized carbons (Fsp3) is 0. The van der Waals surface area contributed by atoms with Crippen molar-refractivity contribution in [3.63, 3.8) is 0 Å². The number of pyridine rings is 2. The quantitative estimate of drug-likeness (QED) is 0.520. The second kappa shape index (κ2) is 5.86. The average molecular weight is 234 g/mol. The van der Waals surface area contributed by atoms with Gasteiger partial charge >= 0.3 is 0 Å². The summed E-state index contributed by atoms with van der Waals surface area (Å²) in [4.78, 5) is 8.66. The summed E-state index contributed by atoms with van der Waals surface area (Å²) >= 11 is 0. The lowest BCUT2D eigenvalue weighted by Gasteiger charge is -2.00. The van der Waals surface area contributed by atoms with Gasteiger partial charge in [0.05, 0.1) is 11.0 Å². The Morgan fingerprint density at radius 2 is 1.41 bits per heavy atom. The maximum atomic E-state index is 4.37. The second-order valence-corrected chi connectivity index (χ2v) is 3.21. The molecule has 5 nitrogen and oxygen atoms in total. The summed E-state index contributed by atoms with van der Waals surface area (Å²) in [7, 11) is 0. The maximum Gasteiger partial charge on any atom is 0.0795 e. The Kier molecular flexibility index (Phi) is 5.14. The van der Waals surface area contributed by atoms with Crippen molar-refractivity contribution in [1.29, 1.82) is 0 Å². The van der Waals surface area contributed by atoms with E-state index in [-0.39, 0.29) is 16.4 Å². The number of rotatable bonds is 0. The minimum absolute atomic E-state index is 0. The number of aromatic nitrogens is 2. The van der Waals surface area contributed by atoms with Gasteiger partial charge < -0.3 is 16.4 Å². The first-order valence-corrected chi connectivity index (χ1v) is 4.53. The van der Waals surface area contributed by atoms with Gasteiger partial charge in [0, 0.05) is 23.2 Å². The molecule has 3 aromatic rings. The van der Waals surface area contributed by atoms with E-state index in [0.29, 0.717) is 0 Å². The lowest BCUT2D eigenvalue weighted by atomic mass is 10.1. The summed E-state index contributed by atoms with van der Waals surface area (Å²) in [5.74, 6) is 0. The highest BCUT2D eigenvalue weighted by Gasteiger charge is 1.99. The molecule has 17 heavy (non-hydrogen) atoms. The zero-order valence-electron chi connectivity index (χ0n) is 9.01. The number of nitrogens with zero attached hydrogens (tertiary/aromatic N) is 2. The van der Waals surface area contributed by atoms with E-state index in [0.717, 1.165) is 21.8 Å². The van der Waals surface area contributed by atoms with E-state index in [1.54, 1.807) is 6.20 Å². The van der Waals surface area contributed by atoms with Crippen molar-refractivity contribution in [2.45, 2.75) is 0 Å². The molecule has 0 atom stereocenters. The van der Waals surface area contributed by atoms with Crippen LogP contribution in [0.4, 0.5) is 0 Å². The Morgan fingerprint density at radius 1 is 0.706 bits per heavy atom. The molecular weight excluding hydrogens is 220 g/mol. The third-order valence-corrected chi connectivity index (χ3v) is 2.35. The Balaban J connectivity index is 0.000000853. The lowest BCUT2D eigenvalue weighted by molar-refractivity contribution is 0.823. The minimum Gasteiger partial charge on any atom is -0.412 e. The average Bonchev–Trinajstić information content (AvgIpc) is 2.29. The summed E-state index contributed by atoms with van der Waals surface area (Å²) in [5.41, 5.74) is 2.02. The Labute approximate surface area is 97.7 Å². The molecule has 0 unspecified atom stereocenters. The second-order valence-electron chi connectivity index (χ2n) is 3.21. The summed E-state index contributed by atoms with van der Waals surface area (Å²) in [6, 6.07) is 12.1. The van der Waals surface area contributed by atoms with Crippen molar-refractivity contribution in [3.05, 3.63) is 48.8 Å². The highest BCUT2D eigenvalue weighted by molar-refractivity contribution is 6.03. The van der Waals surface area contributed by atoms with E-state index in [1.807, 2.05) is 24.4 Å². The SMILES string of the molecule is O.O.O.c1cnc2c(c1)ccc1ncccc12. The zero-order valence-corrected chi connectivity index (χ0v) is 9.01. The topological polar surface area (TPSA) is 120 Å². The molecule has 3 rings (SSSR count). The first-order valence-electron chi connectivity index (χ1n) is 4.53. The van der Waals surface area contributed by atoms with E-state index < -0.39 is 0 Å². The molecule has 0 aliphatic heterocycles. The van der Waals surface area contributed by atoms with Gasteiger partial charge in [-0.25, -0.2) is 0 Å². The molecule has 0 amide bonds. The summed E-state index contributed by atoms with van der Waals surface area (Å²) in [6.07, 6.45) is 3.62. The predicted octanol–water partition coefficient (Wildman–Crippen LogP) is 0.309. The van der Waals surface area contributed by atoms with Crippen LogP contribution in [0.25, 0.3) is 21.8 Å². The Morgan fingerprint density at radius 3 is 2.24 bits per heavy atom. The maximum absolute atomic E-state index is 4.37. The summed E-state index contributed by atoms with van der Waals surface area (Å²) < 4.78 is 0. The van der Waals surface area contributed by atoms with E-state index in [1.165, 1.54) is 0 Å². The largest absolute Gasteiger partial charge is 0.412 e. The van der Waals surface area contributed by atoms with Crippen LogP contribution in [0.2, 0.25) is 0 Å². The van der Waals surface area contributed by atoms with Crippen LogP contribution in [0.15, 0.2) is 48.8 Å². The first-order chi connectivity index (χ1) is 6.95. The van der Waals surface area contributed by atoms with Crippen LogP contribution in [-0.2, 0) is 0 Å². The molecule has 1 aromatic carbocycles. The lowest BCUT2D eigenvalue weighted by Crippen LogP contribution is -1.82. The first kappa shape index (κ1) is 14.9. The molecule has 0 aliphatic rings. The minimum atomic E-state index is 0. The number of hydrogen-bond donors (Lipinski definition) is 0. The molecule has 0 spiro atoms. The van der Waals surface area contributed by atoms with Crippen LogP contribution in [0, 0.1) is 0 Å². The smallest absolute Gasteiger partial charge is 0.0795 e. The monoisotopic (exact) mass is 234 g/mol.